The Morgan fingerprint density at radius 1 is 0.889 bits per heavy atom. The fourth-order valence-electron chi connectivity index (χ4n) is 1.30. The predicted molar refractivity (Wildman–Crippen MR) is 63.5 cm³/mol. The maximum Gasteiger partial charge on any atom is 0.335 e. The van der Waals surface area contributed by atoms with Gasteiger partial charge in [0.2, 0.25) is 0 Å². The summed E-state index contributed by atoms with van der Waals surface area (Å²) < 4.78 is 0. The first-order chi connectivity index (χ1) is 8.65. The van der Waals surface area contributed by atoms with E-state index in [1.165, 1.54) is 24.3 Å². The van der Waals surface area contributed by atoms with Gasteiger partial charge in [-0.1, -0.05) is 12.1 Å². The van der Waals surface area contributed by atoms with Gasteiger partial charge in [-0.3, -0.25) is 0 Å². The zero-order chi connectivity index (χ0) is 13.0. The van der Waals surface area contributed by atoms with Gasteiger partial charge in [-0.25, -0.2) is 4.79 Å². The van der Waals surface area contributed by atoms with Crippen LogP contribution in [0.3, 0.4) is 0 Å². The van der Waals surface area contributed by atoms with Crippen LogP contribution in [-0.4, -0.2) is 11.1 Å². The van der Waals surface area contributed by atoms with Gasteiger partial charge in [0.25, 0.3) is 0 Å². The van der Waals surface area contributed by atoms with Crippen molar-refractivity contribution in [2.24, 2.45) is 10.2 Å². The van der Waals surface area contributed by atoms with Gasteiger partial charge >= 0.3 is 5.97 Å². The Morgan fingerprint density at radius 2 is 1.33 bits per heavy atom. The van der Waals surface area contributed by atoms with Crippen LogP contribution in [0.5, 0.6) is 5.75 Å². The maximum atomic E-state index is 10.9. The second kappa shape index (κ2) is 5.09. The highest BCUT2D eigenvalue weighted by molar-refractivity contribution is 5.87. The molecule has 0 spiro atoms. The largest absolute Gasteiger partial charge is 0.872 e. The highest BCUT2D eigenvalue weighted by Crippen LogP contribution is 2.19. The number of hydrogen-bond donors (Lipinski definition) is 1. The molecule has 0 saturated heterocycles. The molecule has 0 aliphatic heterocycles. The molecule has 0 aliphatic rings. The second-order valence-electron chi connectivity index (χ2n) is 3.55. The van der Waals surface area contributed by atoms with E-state index in [1.54, 1.807) is 24.3 Å². The molecule has 0 fully saturated rings. The van der Waals surface area contributed by atoms with Crippen molar-refractivity contribution in [3.05, 3.63) is 54.1 Å². The third-order valence-corrected chi connectivity index (χ3v) is 2.23. The van der Waals surface area contributed by atoms with Crippen LogP contribution in [0.1, 0.15) is 10.4 Å². The van der Waals surface area contributed by atoms with Gasteiger partial charge in [0.05, 0.1) is 16.9 Å². The molecule has 18 heavy (non-hydrogen) atoms. The molecule has 2 rings (SSSR count). The topological polar surface area (TPSA) is 85.1 Å². The minimum absolute atomic E-state index is 0.0836. The van der Waals surface area contributed by atoms with Crippen LogP contribution >= 0.6 is 0 Å². The third kappa shape index (κ3) is 2.91. The van der Waals surface area contributed by atoms with Crippen LogP contribution in [0.25, 0.3) is 0 Å². The van der Waals surface area contributed by atoms with Crippen molar-refractivity contribution >= 4 is 17.3 Å². The van der Waals surface area contributed by atoms with E-state index < -0.39 is 5.97 Å². The van der Waals surface area contributed by atoms with Crippen LogP contribution in [-0.2, 0) is 0 Å². The van der Waals surface area contributed by atoms with Gasteiger partial charge < -0.3 is 10.2 Å². The first-order valence-electron chi connectivity index (χ1n) is 5.17. The Morgan fingerprint density at radius 3 is 1.78 bits per heavy atom. The lowest BCUT2D eigenvalue weighted by atomic mass is 10.2. The Balaban J connectivity index is 2.13. The molecule has 5 heteroatoms. The smallest absolute Gasteiger partial charge is 0.335 e. The lowest BCUT2D eigenvalue weighted by Gasteiger charge is -2.02. The molecule has 0 saturated carbocycles. The van der Waals surface area contributed by atoms with Crippen molar-refractivity contribution in [1.82, 2.24) is 0 Å². The summed E-state index contributed by atoms with van der Waals surface area (Å²) in [4.78, 5) is 10.6. The van der Waals surface area contributed by atoms with E-state index in [0.29, 0.717) is 11.4 Å². The van der Waals surface area contributed by atoms with E-state index in [4.69, 9.17) is 5.11 Å². The molecule has 2 aromatic rings. The molecule has 2 aromatic carbocycles. The van der Waals surface area contributed by atoms with Crippen LogP contribution in [0, 0.1) is 0 Å². The van der Waals surface area contributed by atoms with Crippen molar-refractivity contribution < 1.29 is 15.0 Å². The average Bonchev–Trinajstić information content (AvgIpc) is 2.38. The Hall–Kier alpha value is -2.69. The summed E-state index contributed by atoms with van der Waals surface area (Å²) in [6.07, 6.45) is 0. The van der Waals surface area contributed by atoms with E-state index in [0.717, 1.165) is 0 Å². The normalized spacial score (nSPS) is 10.7. The van der Waals surface area contributed by atoms with Gasteiger partial charge in [-0.05, 0) is 36.4 Å². The van der Waals surface area contributed by atoms with Crippen molar-refractivity contribution in [3.8, 4) is 5.75 Å². The van der Waals surface area contributed by atoms with Crippen molar-refractivity contribution in [2.45, 2.75) is 0 Å². The molecule has 1 N–H and O–H groups in total. The van der Waals surface area contributed by atoms with Gasteiger partial charge in [-0.2, -0.15) is 10.2 Å². The number of nitrogens with zero attached hydrogens (tertiary/aromatic N) is 2. The number of rotatable bonds is 3. The summed E-state index contributed by atoms with van der Waals surface area (Å²) in [5.74, 6) is -1.07. The summed E-state index contributed by atoms with van der Waals surface area (Å²) >= 11 is 0. The fourth-order valence-corrected chi connectivity index (χ4v) is 1.30. The molecule has 5 nitrogen and oxygen atoms in total. The SMILES string of the molecule is O=C(O)c1ccc(N=Nc2ccc([O-])cc2)cc1. The maximum absolute atomic E-state index is 10.9. The van der Waals surface area contributed by atoms with E-state index in [2.05, 4.69) is 10.2 Å². The number of carbonyl (C=O) groups is 1. The van der Waals surface area contributed by atoms with Crippen LogP contribution in [0.15, 0.2) is 58.8 Å². The summed E-state index contributed by atoms with van der Waals surface area (Å²) in [6, 6.07) is 12.0. The first-order valence-corrected chi connectivity index (χ1v) is 5.17. The lowest BCUT2D eigenvalue weighted by Crippen LogP contribution is -1.93. The fraction of sp³-hybridized carbons (Fsp3) is 0. The van der Waals surface area contributed by atoms with Crippen LogP contribution in [0.4, 0.5) is 11.4 Å². The monoisotopic (exact) mass is 241 g/mol. The van der Waals surface area contributed by atoms with Gasteiger partial charge in [0, 0.05) is 0 Å². The molecule has 0 atom stereocenters. The van der Waals surface area contributed by atoms with Crippen molar-refractivity contribution in [3.63, 3.8) is 0 Å². The Kier molecular flexibility index (Phi) is 3.33. The number of carboxylic acid groups (broad SMARTS) is 1. The molecule has 0 bridgehead atoms. The number of carboxylic acids is 1. The van der Waals surface area contributed by atoms with Crippen molar-refractivity contribution in [1.29, 1.82) is 0 Å². The van der Waals surface area contributed by atoms with Crippen molar-refractivity contribution in [2.75, 3.05) is 0 Å². The Labute approximate surface area is 103 Å². The summed E-state index contributed by atoms with van der Waals surface area (Å²) in [5.41, 5.74) is 1.31. The van der Waals surface area contributed by atoms with E-state index in [1.807, 2.05) is 0 Å². The number of hydrogen-bond acceptors (Lipinski definition) is 4. The predicted octanol–water partition coefficient (Wildman–Crippen LogP) is 2.87. The molecule has 0 unspecified atom stereocenters. The summed E-state index contributed by atoms with van der Waals surface area (Å²) in [7, 11) is 0. The van der Waals surface area contributed by atoms with Gasteiger partial charge in [0.1, 0.15) is 0 Å². The quantitative estimate of drug-likeness (QED) is 0.838. The second-order valence-corrected chi connectivity index (χ2v) is 3.55. The number of azo groups is 1. The summed E-state index contributed by atoms with van der Waals surface area (Å²) in [6.45, 7) is 0. The summed E-state index contributed by atoms with van der Waals surface area (Å²) in [5, 5.41) is 27.5. The molecule has 0 amide bonds. The minimum atomic E-state index is -0.982. The molecular formula is C13H9N2O3-. The van der Waals surface area contributed by atoms with Crippen LogP contribution < -0.4 is 5.11 Å². The van der Waals surface area contributed by atoms with Crippen LogP contribution in [0.2, 0.25) is 0 Å². The highest BCUT2D eigenvalue weighted by atomic mass is 16.4. The van der Waals surface area contributed by atoms with Gasteiger partial charge in [-0.15, -0.1) is 5.75 Å². The molecule has 0 aliphatic carbocycles. The molecular weight excluding hydrogens is 232 g/mol. The van der Waals surface area contributed by atoms with E-state index in [9.17, 15) is 9.90 Å². The standard InChI is InChI=1S/C13H10N2O3/c16-12-7-5-11(6-8-12)15-14-10-3-1-9(2-4-10)13(17)18/h1-8,16H,(H,17,18)/p-1. The first kappa shape index (κ1) is 11.8. The average molecular weight is 241 g/mol. The Bertz CT molecular complexity index is 574. The third-order valence-electron chi connectivity index (χ3n) is 2.23. The minimum Gasteiger partial charge on any atom is -0.872 e. The number of benzene rings is 2. The zero-order valence-corrected chi connectivity index (χ0v) is 9.28. The molecule has 90 valence electrons. The highest BCUT2D eigenvalue weighted by Gasteiger charge is 2.00. The molecule has 0 aromatic heterocycles. The van der Waals surface area contributed by atoms with Gasteiger partial charge in [0.15, 0.2) is 0 Å². The lowest BCUT2D eigenvalue weighted by molar-refractivity contribution is -0.268. The van der Waals surface area contributed by atoms with E-state index >= 15 is 0 Å². The molecule has 0 radical (unpaired) electrons. The van der Waals surface area contributed by atoms with E-state index in [-0.39, 0.29) is 11.3 Å². The molecule has 0 heterocycles. The zero-order valence-electron chi connectivity index (χ0n) is 9.28. The number of aromatic carboxylic acids is 1.